The standard InChI is InChI=1S/C57H42N2/c1-39-14-13-19-47(36-39)59-55-23-12-10-21-51(55)52-37-43(28-35-56(52)59)42-26-31-46(32-27-42)58(45-29-24-41(25-30-45)40-15-5-3-6-16-40)48-33-34-50-49-20-9-11-22-53(49)57(2,54(50)38-48)44-17-7-4-8-18-44/h3-38H,1-2H3. The van der Waals surface area contributed by atoms with Crippen LogP contribution in [0.2, 0.25) is 0 Å². The Labute approximate surface area is 345 Å². The summed E-state index contributed by atoms with van der Waals surface area (Å²) < 4.78 is 2.39. The number of anilines is 3. The quantitative estimate of drug-likeness (QED) is 0.157. The van der Waals surface area contributed by atoms with Gasteiger partial charge in [-0.15, -0.1) is 0 Å². The summed E-state index contributed by atoms with van der Waals surface area (Å²) >= 11 is 0. The number of nitrogens with zero attached hydrogens (tertiary/aromatic N) is 2. The maximum atomic E-state index is 2.43. The Kier molecular flexibility index (Phi) is 8.20. The maximum absolute atomic E-state index is 2.43. The van der Waals surface area contributed by atoms with E-state index in [1.165, 1.54) is 83.1 Å². The van der Waals surface area contributed by atoms with Crippen LogP contribution in [-0.4, -0.2) is 4.57 Å². The average molecular weight is 755 g/mol. The molecule has 1 unspecified atom stereocenters. The van der Waals surface area contributed by atoms with Crippen LogP contribution in [0.15, 0.2) is 218 Å². The third kappa shape index (κ3) is 5.71. The Balaban J connectivity index is 1.03. The SMILES string of the molecule is Cc1cccc(-n2c3ccccc3c3cc(-c4ccc(N(c5ccc(-c6ccccc6)cc5)c5ccc6c(c5)C(C)(c5ccccc5)c5ccccc5-6)cc4)ccc32)c1. The van der Waals surface area contributed by atoms with E-state index in [4.69, 9.17) is 0 Å². The molecule has 0 spiro atoms. The smallest absolute Gasteiger partial charge is 0.0541 e. The zero-order valence-corrected chi connectivity index (χ0v) is 33.2. The Morgan fingerprint density at radius 1 is 0.390 bits per heavy atom. The fourth-order valence-corrected chi connectivity index (χ4v) is 9.58. The van der Waals surface area contributed by atoms with Gasteiger partial charge in [0.2, 0.25) is 0 Å². The number of para-hydroxylation sites is 1. The number of aromatic nitrogens is 1. The van der Waals surface area contributed by atoms with E-state index in [0.29, 0.717) is 0 Å². The van der Waals surface area contributed by atoms with Gasteiger partial charge >= 0.3 is 0 Å². The van der Waals surface area contributed by atoms with Crippen molar-refractivity contribution in [2.75, 3.05) is 4.90 Å². The molecule has 1 heterocycles. The lowest BCUT2D eigenvalue weighted by molar-refractivity contribution is 0.714. The van der Waals surface area contributed by atoms with Crippen molar-refractivity contribution >= 4 is 38.9 Å². The minimum absolute atomic E-state index is 0.295. The number of aryl methyl sites for hydroxylation is 1. The zero-order valence-electron chi connectivity index (χ0n) is 33.2. The van der Waals surface area contributed by atoms with Crippen LogP contribution in [0.3, 0.4) is 0 Å². The van der Waals surface area contributed by atoms with Gasteiger partial charge < -0.3 is 9.47 Å². The maximum Gasteiger partial charge on any atom is 0.0541 e. The van der Waals surface area contributed by atoms with E-state index in [2.05, 4.69) is 242 Å². The van der Waals surface area contributed by atoms with Crippen molar-refractivity contribution in [1.29, 1.82) is 0 Å². The van der Waals surface area contributed by atoms with Crippen LogP contribution in [0.4, 0.5) is 17.1 Å². The number of hydrogen-bond acceptors (Lipinski definition) is 1. The first-order valence-electron chi connectivity index (χ1n) is 20.5. The van der Waals surface area contributed by atoms with E-state index in [0.717, 1.165) is 17.1 Å². The van der Waals surface area contributed by atoms with Gasteiger partial charge in [-0.1, -0.05) is 152 Å². The highest BCUT2D eigenvalue weighted by Crippen LogP contribution is 2.54. The van der Waals surface area contributed by atoms with Gasteiger partial charge in [0.25, 0.3) is 0 Å². The molecule has 9 aromatic carbocycles. The molecular formula is C57H42N2. The predicted molar refractivity (Wildman–Crippen MR) is 249 cm³/mol. The Morgan fingerprint density at radius 3 is 1.71 bits per heavy atom. The van der Waals surface area contributed by atoms with Crippen LogP contribution in [0.1, 0.15) is 29.2 Å². The molecule has 10 aromatic rings. The summed E-state index contributed by atoms with van der Waals surface area (Å²) in [6, 6.07) is 80.1. The van der Waals surface area contributed by atoms with Crippen LogP contribution in [0.5, 0.6) is 0 Å². The first-order chi connectivity index (χ1) is 29.0. The van der Waals surface area contributed by atoms with Crippen molar-refractivity contribution in [1.82, 2.24) is 4.57 Å². The lowest BCUT2D eigenvalue weighted by atomic mass is 9.74. The van der Waals surface area contributed by atoms with Gasteiger partial charge in [-0.25, -0.2) is 0 Å². The van der Waals surface area contributed by atoms with Crippen LogP contribution in [-0.2, 0) is 5.41 Å². The number of rotatable bonds is 7. The van der Waals surface area contributed by atoms with Gasteiger partial charge in [-0.2, -0.15) is 0 Å². The highest BCUT2D eigenvalue weighted by atomic mass is 15.1. The zero-order chi connectivity index (χ0) is 39.5. The molecule has 2 heteroatoms. The molecular weight excluding hydrogens is 713 g/mol. The van der Waals surface area contributed by atoms with E-state index in [9.17, 15) is 0 Å². The molecule has 2 nitrogen and oxygen atoms in total. The molecule has 59 heavy (non-hydrogen) atoms. The van der Waals surface area contributed by atoms with Crippen molar-refractivity contribution in [3.8, 4) is 39.1 Å². The number of hydrogen-bond donors (Lipinski definition) is 0. The monoisotopic (exact) mass is 754 g/mol. The molecule has 1 aliphatic rings. The van der Waals surface area contributed by atoms with Crippen LogP contribution >= 0.6 is 0 Å². The first-order valence-corrected chi connectivity index (χ1v) is 20.5. The second-order valence-electron chi connectivity index (χ2n) is 16.0. The molecule has 11 rings (SSSR count). The number of fused-ring (bicyclic) bond motifs is 6. The van der Waals surface area contributed by atoms with E-state index in [-0.39, 0.29) is 5.41 Å². The van der Waals surface area contributed by atoms with Gasteiger partial charge in [0.15, 0.2) is 0 Å². The third-order valence-electron chi connectivity index (χ3n) is 12.5. The minimum Gasteiger partial charge on any atom is -0.310 e. The molecule has 0 radical (unpaired) electrons. The molecule has 0 saturated carbocycles. The minimum atomic E-state index is -0.295. The molecule has 0 saturated heterocycles. The van der Waals surface area contributed by atoms with Gasteiger partial charge in [0.05, 0.1) is 11.0 Å². The average Bonchev–Trinajstić information content (AvgIpc) is 3.77. The fraction of sp³-hybridized carbons (Fsp3) is 0.0526. The van der Waals surface area contributed by atoms with Crippen molar-refractivity contribution in [3.05, 3.63) is 241 Å². The van der Waals surface area contributed by atoms with Crippen molar-refractivity contribution in [2.45, 2.75) is 19.3 Å². The van der Waals surface area contributed by atoms with Gasteiger partial charge in [-0.05, 0) is 136 Å². The molecule has 0 bridgehead atoms. The highest BCUT2D eigenvalue weighted by Gasteiger charge is 2.41. The first kappa shape index (κ1) is 34.8. The van der Waals surface area contributed by atoms with Crippen molar-refractivity contribution in [3.63, 3.8) is 0 Å². The lowest BCUT2D eigenvalue weighted by Gasteiger charge is -2.31. The Morgan fingerprint density at radius 2 is 0.966 bits per heavy atom. The van der Waals surface area contributed by atoms with Crippen LogP contribution < -0.4 is 4.90 Å². The second kappa shape index (κ2) is 13.9. The van der Waals surface area contributed by atoms with Crippen LogP contribution in [0.25, 0.3) is 60.9 Å². The molecule has 1 aliphatic carbocycles. The highest BCUT2D eigenvalue weighted by molar-refractivity contribution is 6.10. The van der Waals surface area contributed by atoms with Crippen LogP contribution in [0, 0.1) is 6.92 Å². The van der Waals surface area contributed by atoms with E-state index >= 15 is 0 Å². The summed E-state index contributed by atoms with van der Waals surface area (Å²) in [4.78, 5) is 2.41. The molecule has 0 aliphatic heterocycles. The summed E-state index contributed by atoms with van der Waals surface area (Å²) in [7, 11) is 0. The Hall–Kier alpha value is -7.42. The molecule has 1 atom stereocenters. The summed E-state index contributed by atoms with van der Waals surface area (Å²) in [5, 5.41) is 2.51. The summed E-state index contributed by atoms with van der Waals surface area (Å²) in [6.07, 6.45) is 0. The number of benzene rings is 9. The topological polar surface area (TPSA) is 8.17 Å². The lowest BCUT2D eigenvalue weighted by Crippen LogP contribution is -2.22. The third-order valence-corrected chi connectivity index (χ3v) is 12.5. The summed E-state index contributed by atoms with van der Waals surface area (Å²) in [5.41, 5.74) is 19.3. The van der Waals surface area contributed by atoms with Gasteiger partial charge in [0.1, 0.15) is 0 Å². The predicted octanol–water partition coefficient (Wildman–Crippen LogP) is 15.2. The summed E-state index contributed by atoms with van der Waals surface area (Å²) in [5.74, 6) is 0. The molecule has 0 amide bonds. The Bertz CT molecular complexity index is 3160. The largest absolute Gasteiger partial charge is 0.310 e. The van der Waals surface area contributed by atoms with E-state index < -0.39 is 0 Å². The van der Waals surface area contributed by atoms with E-state index in [1.54, 1.807) is 0 Å². The van der Waals surface area contributed by atoms with Gasteiger partial charge in [0, 0.05) is 38.9 Å². The normalized spacial score (nSPS) is 14.3. The van der Waals surface area contributed by atoms with Crippen molar-refractivity contribution < 1.29 is 0 Å². The molecule has 280 valence electrons. The fourth-order valence-electron chi connectivity index (χ4n) is 9.58. The second-order valence-corrected chi connectivity index (χ2v) is 16.0. The molecule has 1 aromatic heterocycles. The summed E-state index contributed by atoms with van der Waals surface area (Å²) in [6.45, 7) is 4.55. The van der Waals surface area contributed by atoms with Crippen molar-refractivity contribution in [2.24, 2.45) is 0 Å². The van der Waals surface area contributed by atoms with E-state index in [1.807, 2.05) is 0 Å². The molecule has 0 N–H and O–H groups in total. The van der Waals surface area contributed by atoms with Gasteiger partial charge in [-0.3, -0.25) is 0 Å². The molecule has 0 fully saturated rings.